The first kappa shape index (κ1) is 15.6. The summed E-state index contributed by atoms with van der Waals surface area (Å²) < 4.78 is 0. The number of nitro benzene ring substituents is 1. The van der Waals surface area contributed by atoms with Crippen molar-refractivity contribution in [3.8, 4) is 0 Å². The predicted octanol–water partition coefficient (Wildman–Crippen LogP) is 1.09. The van der Waals surface area contributed by atoms with Gasteiger partial charge in [-0.2, -0.15) is 0 Å². The van der Waals surface area contributed by atoms with Crippen LogP contribution in [-0.4, -0.2) is 16.8 Å². The van der Waals surface area contributed by atoms with E-state index < -0.39 is 16.8 Å². The fourth-order valence-corrected chi connectivity index (χ4v) is 1.71. The molecule has 1 aromatic rings. The monoisotopic (exact) mass is 279 g/mol. The lowest BCUT2D eigenvalue weighted by molar-refractivity contribution is -0.384. The van der Waals surface area contributed by atoms with E-state index in [1.807, 2.05) is 0 Å². The van der Waals surface area contributed by atoms with Crippen LogP contribution in [0.2, 0.25) is 0 Å². The fourth-order valence-electron chi connectivity index (χ4n) is 1.71. The number of hydrogen-bond acceptors (Lipinski definition) is 5. The SMILES string of the molecule is CC[C@H](CCC(=O)Nc1cccc([N+](=O)[O-])c1)C(=O)[O-]. The smallest absolute Gasteiger partial charge is 0.271 e. The topological polar surface area (TPSA) is 112 Å². The quantitative estimate of drug-likeness (QED) is 0.593. The van der Waals surface area contributed by atoms with E-state index >= 15 is 0 Å². The highest BCUT2D eigenvalue weighted by atomic mass is 16.6. The van der Waals surface area contributed by atoms with Crippen molar-refractivity contribution in [2.75, 3.05) is 5.32 Å². The minimum atomic E-state index is -1.17. The Morgan fingerprint density at radius 1 is 1.40 bits per heavy atom. The van der Waals surface area contributed by atoms with E-state index in [9.17, 15) is 24.8 Å². The Labute approximate surface area is 115 Å². The molecule has 0 aliphatic rings. The summed E-state index contributed by atoms with van der Waals surface area (Å²) in [5, 5.41) is 23.8. The van der Waals surface area contributed by atoms with E-state index in [4.69, 9.17) is 0 Å². The van der Waals surface area contributed by atoms with Crippen molar-refractivity contribution in [1.29, 1.82) is 0 Å². The molecular weight excluding hydrogens is 264 g/mol. The Bertz CT molecular complexity index is 515. The maximum Gasteiger partial charge on any atom is 0.271 e. The summed E-state index contributed by atoms with van der Waals surface area (Å²) in [4.78, 5) is 32.4. The molecule has 1 amide bonds. The summed E-state index contributed by atoms with van der Waals surface area (Å²) in [7, 11) is 0. The number of carbonyl (C=O) groups is 2. The third-order valence-electron chi connectivity index (χ3n) is 2.89. The highest BCUT2D eigenvalue weighted by molar-refractivity contribution is 5.91. The van der Waals surface area contributed by atoms with Crippen LogP contribution in [0.5, 0.6) is 0 Å². The number of nitrogens with zero attached hydrogens (tertiary/aromatic N) is 1. The Morgan fingerprint density at radius 3 is 2.65 bits per heavy atom. The highest BCUT2D eigenvalue weighted by Crippen LogP contribution is 2.18. The number of nitro groups is 1. The summed E-state index contributed by atoms with van der Waals surface area (Å²) in [5.41, 5.74) is 0.190. The largest absolute Gasteiger partial charge is 0.550 e. The molecule has 0 radical (unpaired) electrons. The molecule has 0 aliphatic carbocycles. The molecule has 20 heavy (non-hydrogen) atoms. The van der Waals surface area contributed by atoms with Gasteiger partial charge in [0.2, 0.25) is 5.91 Å². The van der Waals surface area contributed by atoms with Crippen molar-refractivity contribution in [2.24, 2.45) is 5.92 Å². The van der Waals surface area contributed by atoms with Gasteiger partial charge in [-0.05, 0) is 24.8 Å². The summed E-state index contributed by atoms with van der Waals surface area (Å²) in [6.07, 6.45) is 0.598. The lowest BCUT2D eigenvalue weighted by Gasteiger charge is -2.15. The van der Waals surface area contributed by atoms with Gasteiger partial charge in [-0.25, -0.2) is 0 Å². The van der Waals surface area contributed by atoms with Gasteiger partial charge in [0.1, 0.15) is 0 Å². The first-order valence-electron chi connectivity index (χ1n) is 6.19. The molecule has 0 saturated carbocycles. The maximum absolute atomic E-state index is 11.6. The molecule has 0 aliphatic heterocycles. The van der Waals surface area contributed by atoms with Crippen LogP contribution in [0.15, 0.2) is 24.3 Å². The first-order chi connectivity index (χ1) is 9.43. The molecule has 0 heterocycles. The van der Waals surface area contributed by atoms with Crippen LogP contribution in [0.3, 0.4) is 0 Å². The lowest BCUT2D eigenvalue weighted by atomic mass is 10.0. The Balaban J connectivity index is 2.56. The van der Waals surface area contributed by atoms with Gasteiger partial charge in [-0.15, -0.1) is 0 Å². The van der Waals surface area contributed by atoms with Crippen molar-refractivity contribution < 1.29 is 19.6 Å². The van der Waals surface area contributed by atoms with Gasteiger partial charge >= 0.3 is 0 Å². The van der Waals surface area contributed by atoms with Gasteiger partial charge in [0.05, 0.1) is 4.92 Å². The number of rotatable bonds is 7. The summed E-state index contributed by atoms with van der Waals surface area (Å²) in [6.45, 7) is 1.71. The van der Waals surface area contributed by atoms with Gasteiger partial charge in [0.15, 0.2) is 0 Å². The van der Waals surface area contributed by atoms with Crippen LogP contribution >= 0.6 is 0 Å². The Morgan fingerprint density at radius 2 is 2.10 bits per heavy atom. The molecule has 0 spiro atoms. The van der Waals surface area contributed by atoms with Crippen LogP contribution < -0.4 is 10.4 Å². The molecule has 0 bridgehead atoms. The third kappa shape index (κ3) is 4.68. The average Bonchev–Trinajstić information content (AvgIpc) is 2.39. The van der Waals surface area contributed by atoms with Crippen molar-refractivity contribution in [2.45, 2.75) is 26.2 Å². The van der Waals surface area contributed by atoms with Crippen LogP contribution in [-0.2, 0) is 9.59 Å². The van der Waals surface area contributed by atoms with Crippen molar-refractivity contribution in [3.05, 3.63) is 34.4 Å². The molecule has 1 rings (SSSR count). The van der Waals surface area contributed by atoms with E-state index in [1.165, 1.54) is 24.3 Å². The molecule has 0 unspecified atom stereocenters. The number of amides is 1. The molecule has 7 nitrogen and oxygen atoms in total. The van der Waals surface area contributed by atoms with E-state index in [1.54, 1.807) is 6.92 Å². The van der Waals surface area contributed by atoms with E-state index in [0.29, 0.717) is 12.1 Å². The van der Waals surface area contributed by atoms with Gasteiger partial charge in [0, 0.05) is 30.2 Å². The first-order valence-corrected chi connectivity index (χ1v) is 6.19. The molecule has 7 heteroatoms. The number of carboxylic acids is 1. The minimum absolute atomic E-state index is 0.0230. The zero-order chi connectivity index (χ0) is 15.1. The van der Waals surface area contributed by atoms with Crippen LogP contribution in [0.25, 0.3) is 0 Å². The fraction of sp³-hybridized carbons (Fsp3) is 0.385. The molecule has 108 valence electrons. The number of anilines is 1. The normalized spacial score (nSPS) is 11.7. The van der Waals surface area contributed by atoms with Gasteiger partial charge in [0.25, 0.3) is 5.69 Å². The molecule has 0 fully saturated rings. The van der Waals surface area contributed by atoms with E-state index in [-0.39, 0.29) is 24.4 Å². The van der Waals surface area contributed by atoms with Crippen molar-refractivity contribution in [1.82, 2.24) is 0 Å². The average molecular weight is 279 g/mol. The zero-order valence-corrected chi connectivity index (χ0v) is 11.0. The highest BCUT2D eigenvalue weighted by Gasteiger charge is 2.12. The molecular formula is C13H15N2O5-. The van der Waals surface area contributed by atoms with Gasteiger partial charge < -0.3 is 15.2 Å². The molecule has 1 aromatic carbocycles. The predicted molar refractivity (Wildman–Crippen MR) is 69.7 cm³/mol. The maximum atomic E-state index is 11.6. The molecule has 1 N–H and O–H groups in total. The number of carboxylic acid groups (broad SMARTS) is 1. The number of hydrogen-bond donors (Lipinski definition) is 1. The number of carbonyl (C=O) groups excluding carboxylic acids is 2. The molecule has 1 atom stereocenters. The summed E-state index contributed by atoms with van der Waals surface area (Å²) in [6, 6.07) is 5.55. The number of non-ortho nitro benzene ring substituents is 1. The standard InChI is InChI=1S/C13H16N2O5/c1-2-9(13(17)18)6-7-12(16)14-10-4-3-5-11(8-10)15(19)20/h3-5,8-9H,2,6-7H2,1H3,(H,14,16)(H,17,18)/p-1/t9-/m1/s1. The van der Waals surface area contributed by atoms with Gasteiger partial charge in [-0.3, -0.25) is 14.9 Å². The Kier molecular flexibility index (Phi) is 5.64. The number of benzene rings is 1. The van der Waals surface area contributed by atoms with E-state index in [0.717, 1.165) is 0 Å². The minimum Gasteiger partial charge on any atom is -0.550 e. The number of nitrogens with one attached hydrogen (secondary N) is 1. The summed E-state index contributed by atoms with van der Waals surface area (Å²) in [5.74, 6) is -2.22. The second-order valence-electron chi connectivity index (χ2n) is 4.32. The van der Waals surface area contributed by atoms with E-state index in [2.05, 4.69) is 5.32 Å². The second kappa shape index (κ2) is 7.22. The van der Waals surface area contributed by atoms with Gasteiger partial charge in [-0.1, -0.05) is 13.0 Å². The molecule has 0 aromatic heterocycles. The second-order valence-corrected chi connectivity index (χ2v) is 4.32. The van der Waals surface area contributed by atoms with Crippen LogP contribution in [0.4, 0.5) is 11.4 Å². The number of aliphatic carboxylic acids is 1. The Hall–Kier alpha value is -2.44. The third-order valence-corrected chi connectivity index (χ3v) is 2.89. The lowest BCUT2D eigenvalue weighted by Crippen LogP contribution is -2.31. The van der Waals surface area contributed by atoms with Crippen LogP contribution in [0.1, 0.15) is 26.2 Å². The van der Waals surface area contributed by atoms with Crippen molar-refractivity contribution >= 4 is 23.3 Å². The summed E-state index contributed by atoms with van der Waals surface area (Å²) >= 11 is 0. The van der Waals surface area contributed by atoms with Crippen LogP contribution in [0, 0.1) is 16.0 Å². The van der Waals surface area contributed by atoms with Crippen molar-refractivity contribution in [3.63, 3.8) is 0 Å². The molecule has 0 saturated heterocycles. The zero-order valence-electron chi connectivity index (χ0n) is 11.0.